The molecular weight excluding hydrogens is 348 g/mol. The predicted molar refractivity (Wildman–Crippen MR) is 105 cm³/mol. The van der Waals surface area contributed by atoms with Crippen molar-refractivity contribution in [3.05, 3.63) is 70.9 Å². The molecule has 4 rings (SSSR count). The number of hydrogen-bond acceptors (Lipinski definition) is 2. The first-order valence-electron chi connectivity index (χ1n) is 8.55. The Kier molecular flexibility index (Phi) is 4.43. The van der Waals surface area contributed by atoms with Gasteiger partial charge in [-0.05, 0) is 42.3 Å². The van der Waals surface area contributed by atoms with Crippen molar-refractivity contribution in [1.82, 2.24) is 9.88 Å². The van der Waals surface area contributed by atoms with Gasteiger partial charge in [-0.3, -0.25) is 4.79 Å². The Morgan fingerprint density at radius 1 is 1.23 bits per heavy atom. The average molecular weight is 367 g/mol. The van der Waals surface area contributed by atoms with E-state index < -0.39 is 0 Å². The fraction of sp³-hybridized carbons (Fsp3) is 0.190. The standard InChI is InChI=1S/C21H19ClN2O2/c1-26-15-6-7-20-17(12-15)18(13-23-20)14-8-10-24(11-9-14)21(25)16-4-2-3-5-19(16)22/h2-8,12-13,23H,9-11H2,1H3. The summed E-state index contributed by atoms with van der Waals surface area (Å²) in [6, 6.07) is 13.2. The maximum Gasteiger partial charge on any atom is 0.255 e. The van der Waals surface area contributed by atoms with Crippen LogP contribution in [-0.2, 0) is 0 Å². The van der Waals surface area contributed by atoms with Crippen molar-refractivity contribution in [2.45, 2.75) is 6.42 Å². The summed E-state index contributed by atoms with van der Waals surface area (Å²) in [4.78, 5) is 17.8. The lowest BCUT2D eigenvalue weighted by molar-refractivity contribution is 0.0773. The molecule has 4 nitrogen and oxygen atoms in total. The van der Waals surface area contributed by atoms with Crippen LogP contribution >= 0.6 is 11.6 Å². The van der Waals surface area contributed by atoms with Crippen molar-refractivity contribution in [2.24, 2.45) is 0 Å². The molecule has 3 aromatic rings. The topological polar surface area (TPSA) is 45.3 Å². The van der Waals surface area contributed by atoms with Gasteiger partial charge < -0.3 is 14.6 Å². The van der Waals surface area contributed by atoms with Crippen LogP contribution in [0.2, 0.25) is 5.02 Å². The first-order chi connectivity index (χ1) is 12.7. The summed E-state index contributed by atoms with van der Waals surface area (Å²) in [5.74, 6) is 0.816. The molecule has 0 radical (unpaired) electrons. The van der Waals surface area contributed by atoms with Gasteiger partial charge in [0.1, 0.15) is 5.75 Å². The summed E-state index contributed by atoms with van der Waals surface area (Å²) in [7, 11) is 1.67. The molecule has 26 heavy (non-hydrogen) atoms. The van der Waals surface area contributed by atoms with Crippen LogP contribution < -0.4 is 4.74 Å². The van der Waals surface area contributed by atoms with Gasteiger partial charge in [-0.1, -0.05) is 29.8 Å². The molecule has 1 amide bonds. The third-order valence-electron chi connectivity index (χ3n) is 4.84. The Hall–Kier alpha value is -2.72. The van der Waals surface area contributed by atoms with Crippen LogP contribution in [0.25, 0.3) is 16.5 Å². The number of carbonyl (C=O) groups is 1. The summed E-state index contributed by atoms with van der Waals surface area (Å²) in [5, 5.41) is 1.64. The zero-order chi connectivity index (χ0) is 18.1. The first kappa shape index (κ1) is 16.7. The molecule has 5 heteroatoms. The van der Waals surface area contributed by atoms with Crippen molar-refractivity contribution in [3.8, 4) is 5.75 Å². The van der Waals surface area contributed by atoms with E-state index in [1.807, 2.05) is 41.4 Å². The van der Waals surface area contributed by atoms with E-state index in [2.05, 4.69) is 11.1 Å². The number of aromatic nitrogens is 1. The fourth-order valence-corrected chi connectivity index (χ4v) is 3.61. The summed E-state index contributed by atoms with van der Waals surface area (Å²) in [5.41, 5.74) is 4.05. The molecule has 132 valence electrons. The monoisotopic (exact) mass is 366 g/mol. The number of ether oxygens (including phenoxy) is 1. The molecule has 0 bridgehead atoms. The van der Waals surface area contributed by atoms with E-state index in [4.69, 9.17) is 16.3 Å². The molecule has 1 aliphatic heterocycles. The van der Waals surface area contributed by atoms with Crippen molar-refractivity contribution >= 4 is 34.0 Å². The SMILES string of the molecule is COc1ccc2[nH]cc(C3=CCN(C(=O)c4ccccc4Cl)CC3)c2c1. The van der Waals surface area contributed by atoms with Gasteiger partial charge in [-0.15, -0.1) is 0 Å². The van der Waals surface area contributed by atoms with Crippen LogP contribution in [-0.4, -0.2) is 36.0 Å². The summed E-state index contributed by atoms with van der Waals surface area (Å²) >= 11 is 6.16. The quantitative estimate of drug-likeness (QED) is 0.726. The van der Waals surface area contributed by atoms with Gasteiger partial charge in [0.05, 0.1) is 17.7 Å². The zero-order valence-electron chi connectivity index (χ0n) is 14.5. The van der Waals surface area contributed by atoms with E-state index in [-0.39, 0.29) is 5.91 Å². The number of rotatable bonds is 3. The highest BCUT2D eigenvalue weighted by atomic mass is 35.5. The number of nitrogens with zero attached hydrogens (tertiary/aromatic N) is 1. The van der Waals surface area contributed by atoms with Crippen LogP contribution in [0.3, 0.4) is 0 Å². The molecule has 2 aromatic carbocycles. The molecule has 2 heterocycles. The maximum atomic E-state index is 12.7. The lowest BCUT2D eigenvalue weighted by Crippen LogP contribution is -2.34. The van der Waals surface area contributed by atoms with Crippen LogP contribution in [0, 0.1) is 0 Å². The van der Waals surface area contributed by atoms with Gasteiger partial charge >= 0.3 is 0 Å². The number of halogens is 1. The number of methoxy groups -OCH3 is 1. The van der Waals surface area contributed by atoms with Gasteiger partial charge in [0.25, 0.3) is 5.91 Å². The van der Waals surface area contributed by atoms with E-state index in [1.165, 1.54) is 11.1 Å². The molecule has 0 spiro atoms. The van der Waals surface area contributed by atoms with Crippen LogP contribution in [0.4, 0.5) is 0 Å². The number of H-pyrrole nitrogens is 1. The lowest BCUT2D eigenvalue weighted by atomic mass is 9.98. The third kappa shape index (κ3) is 2.97. The number of aromatic amines is 1. The first-order valence-corrected chi connectivity index (χ1v) is 8.93. The zero-order valence-corrected chi connectivity index (χ0v) is 15.2. The second-order valence-electron chi connectivity index (χ2n) is 6.32. The minimum absolute atomic E-state index is 0.0218. The third-order valence-corrected chi connectivity index (χ3v) is 5.17. The number of nitrogens with one attached hydrogen (secondary N) is 1. The predicted octanol–water partition coefficient (Wildman–Crippen LogP) is 4.76. The van der Waals surface area contributed by atoms with Gasteiger partial charge in [0, 0.05) is 35.8 Å². The average Bonchev–Trinajstić information content (AvgIpc) is 3.11. The Morgan fingerprint density at radius 3 is 2.81 bits per heavy atom. The van der Waals surface area contributed by atoms with Crippen molar-refractivity contribution in [3.63, 3.8) is 0 Å². The molecular formula is C21H19ClN2O2. The molecule has 0 fully saturated rings. The van der Waals surface area contributed by atoms with Gasteiger partial charge in [0.2, 0.25) is 0 Å². The van der Waals surface area contributed by atoms with E-state index >= 15 is 0 Å². The smallest absolute Gasteiger partial charge is 0.255 e. The second-order valence-corrected chi connectivity index (χ2v) is 6.73. The van der Waals surface area contributed by atoms with E-state index in [0.717, 1.165) is 23.1 Å². The lowest BCUT2D eigenvalue weighted by Gasteiger charge is -2.27. The van der Waals surface area contributed by atoms with E-state index in [1.54, 1.807) is 19.2 Å². The fourth-order valence-electron chi connectivity index (χ4n) is 3.40. The minimum atomic E-state index is -0.0218. The highest BCUT2D eigenvalue weighted by Gasteiger charge is 2.22. The summed E-state index contributed by atoms with van der Waals surface area (Å²) in [6.07, 6.45) is 4.96. The molecule has 0 saturated heterocycles. The molecule has 1 N–H and O–H groups in total. The Labute approximate surface area is 157 Å². The Bertz CT molecular complexity index is 1010. The highest BCUT2D eigenvalue weighted by Crippen LogP contribution is 2.32. The van der Waals surface area contributed by atoms with Crippen LogP contribution in [0.5, 0.6) is 5.75 Å². The normalized spacial score (nSPS) is 14.4. The van der Waals surface area contributed by atoms with Gasteiger partial charge in [0.15, 0.2) is 0 Å². The molecule has 1 aromatic heterocycles. The van der Waals surface area contributed by atoms with Gasteiger partial charge in [-0.2, -0.15) is 0 Å². The summed E-state index contributed by atoms with van der Waals surface area (Å²) < 4.78 is 5.34. The Morgan fingerprint density at radius 2 is 2.08 bits per heavy atom. The van der Waals surface area contributed by atoms with Gasteiger partial charge in [-0.25, -0.2) is 0 Å². The molecule has 0 unspecified atom stereocenters. The second kappa shape index (κ2) is 6.89. The minimum Gasteiger partial charge on any atom is -0.497 e. The van der Waals surface area contributed by atoms with E-state index in [9.17, 15) is 4.79 Å². The van der Waals surface area contributed by atoms with Crippen LogP contribution in [0.15, 0.2) is 54.7 Å². The Balaban J connectivity index is 1.58. The molecule has 0 aliphatic carbocycles. The van der Waals surface area contributed by atoms with Crippen molar-refractivity contribution < 1.29 is 9.53 Å². The molecule has 1 aliphatic rings. The number of carbonyl (C=O) groups excluding carboxylic acids is 1. The molecule has 0 atom stereocenters. The number of fused-ring (bicyclic) bond motifs is 1. The van der Waals surface area contributed by atoms with Crippen molar-refractivity contribution in [2.75, 3.05) is 20.2 Å². The largest absolute Gasteiger partial charge is 0.497 e. The van der Waals surface area contributed by atoms with Crippen molar-refractivity contribution in [1.29, 1.82) is 0 Å². The maximum absolute atomic E-state index is 12.7. The van der Waals surface area contributed by atoms with E-state index in [0.29, 0.717) is 23.7 Å². The number of amides is 1. The number of hydrogen-bond donors (Lipinski definition) is 1. The number of benzene rings is 2. The highest BCUT2D eigenvalue weighted by molar-refractivity contribution is 6.33. The summed E-state index contributed by atoms with van der Waals surface area (Å²) in [6.45, 7) is 1.25. The molecule has 0 saturated carbocycles. The van der Waals surface area contributed by atoms with Crippen LogP contribution in [0.1, 0.15) is 22.3 Å².